The van der Waals surface area contributed by atoms with E-state index in [0.29, 0.717) is 22.2 Å². The molecule has 26 heavy (non-hydrogen) atoms. The van der Waals surface area contributed by atoms with Crippen LogP contribution in [0.4, 0.5) is 5.69 Å². The summed E-state index contributed by atoms with van der Waals surface area (Å²) >= 11 is 6.90. The van der Waals surface area contributed by atoms with Crippen molar-refractivity contribution in [1.29, 1.82) is 0 Å². The lowest BCUT2D eigenvalue weighted by molar-refractivity contribution is -0.113. The highest BCUT2D eigenvalue weighted by atomic mass is 32.1. The van der Waals surface area contributed by atoms with Crippen LogP contribution in [0.3, 0.4) is 0 Å². The highest BCUT2D eigenvalue weighted by Crippen LogP contribution is 2.27. The normalized spacial score (nSPS) is 15.4. The molecule has 3 aromatic rings. The Balaban J connectivity index is 1.54. The number of thiocarbonyl (C=S) groups is 1. The molecule has 1 amide bonds. The Kier molecular flexibility index (Phi) is 4.51. The van der Waals surface area contributed by atoms with E-state index in [-0.39, 0.29) is 5.91 Å². The second-order valence-electron chi connectivity index (χ2n) is 5.55. The molecular formula is C20H14N2O2S2. The molecule has 0 atom stereocenters. The number of anilines is 1. The third kappa shape index (κ3) is 3.37. The molecule has 0 unspecified atom stereocenters. The van der Waals surface area contributed by atoms with Gasteiger partial charge in [-0.2, -0.15) is 0 Å². The molecular weight excluding hydrogens is 364 g/mol. The average Bonchev–Trinajstić information content (AvgIpc) is 3.26. The van der Waals surface area contributed by atoms with Crippen LogP contribution in [0, 0.1) is 0 Å². The molecule has 2 heterocycles. The Hall–Kier alpha value is -2.96. The van der Waals surface area contributed by atoms with Crippen molar-refractivity contribution in [3.8, 4) is 11.5 Å². The van der Waals surface area contributed by atoms with Crippen LogP contribution in [0.1, 0.15) is 4.88 Å². The lowest BCUT2D eigenvalue weighted by Crippen LogP contribution is -2.30. The van der Waals surface area contributed by atoms with Crippen LogP contribution >= 0.6 is 23.6 Å². The summed E-state index contributed by atoms with van der Waals surface area (Å²) < 4.78 is 5.78. The zero-order valence-corrected chi connectivity index (χ0v) is 15.2. The van der Waals surface area contributed by atoms with Gasteiger partial charge in [0, 0.05) is 4.88 Å². The molecule has 1 aromatic heterocycles. The molecule has 4 rings (SSSR count). The number of para-hydroxylation sites is 1. The van der Waals surface area contributed by atoms with E-state index in [1.807, 2.05) is 78.2 Å². The Morgan fingerprint density at radius 2 is 1.69 bits per heavy atom. The smallest absolute Gasteiger partial charge is 0.281 e. The number of hydrogen-bond donors (Lipinski definition) is 1. The first-order valence-electron chi connectivity index (χ1n) is 7.94. The number of thiophene rings is 1. The fourth-order valence-electron chi connectivity index (χ4n) is 2.57. The Morgan fingerprint density at radius 1 is 0.962 bits per heavy atom. The number of hydrogen-bond acceptors (Lipinski definition) is 4. The van der Waals surface area contributed by atoms with Gasteiger partial charge in [-0.25, -0.2) is 0 Å². The molecule has 1 aliphatic rings. The van der Waals surface area contributed by atoms with E-state index in [9.17, 15) is 4.79 Å². The Labute approximate surface area is 160 Å². The summed E-state index contributed by atoms with van der Waals surface area (Å²) in [4.78, 5) is 15.2. The summed E-state index contributed by atoms with van der Waals surface area (Å²) in [6, 6.07) is 20.7. The zero-order chi connectivity index (χ0) is 17.9. The van der Waals surface area contributed by atoms with E-state index < -0.39 is 0 Å². The van der Waals surface area contributed by atoms with Gasteiger partial charge in [-0.05, 0) is 66.1 Å². The van der Waals surface area contributed by atoms with Crippen LogP contribution < -0.4 is 15.0 Å². The van der Waals surface area contributed by atoms with E-state index >= 15 is 0 Å². The highest BCUT2D eigenvalue weighted by molar-refractivity contribution is 7.80. The summed E-state index contributed by atoms with van der Waals surface area (Å²) in [5.74, 6) is 1.29. The number of rotatable bonds is 4. The first kappa shape index (κ1) is 16.5. The predicted octanol–water partition coefficient (Wildman–Crippen LogP) is 4.80. The molecule has 4 nitrogen and oxygen atoms in total. The summed E-state index contributed by atoms with van der Waals surface area (Å²) in [6.07, 6.45) is 1.81. The van der Waals surface area contributed by atoms with Crippen LogP contribution in [0.5, 0.6) is 11.5 Å². The van der Waals surface area contributed by atoms with Crippen molar-refractivity contribution in [3.05, 3.63) is 82.7 Å². The summed E-state index contributed by atoms with van der Waals surface area (Å²) in [5, 5.41) is 5.32. The van der Waals surface area contributed by atoms with E-state index in [1.165, 1.54) is 4.90 Å². The third-order valence-corrected chi connectivity index (χ3v) is 4.89. The first-order chi connectivity index (χ1) is 12.7. The van der Waals surface area contributed by atoms with E-state index in [0.717, 1.165) is 10.6 Å². The van der Waals surface area contributed by atoms with Crippen LogP contribution in [0.15, 0.2) is 77.8 Å². The minimum absolute atomic E-state index is 0.167. The number of benzene rings is 2. The van der Waals surface area contributed by atoms with Crippen LogP contribution in [-0.2, 0) is 4.79 Å². The SMILES string of the molecule is O=C1C(=Cc2cccs2)NC(=S)N1c1ccc(Oc2ccccc2)cc1. The molecule has 0 spiro atoms. The molecule has 1 saturated heterocycles. The highest BCUT2D eigenvalue weighted by Gasteiger charge is 2.31. The molecule has 0 saturated carbocycles. The molecule has 0 radical (unpaired) electrons. The Bertz CT molecular complexity index is 965. The van der Waals surface area contributed by atoms with Gasteiger partial charge in [0.2, 0.25) is 0 Å². The molecule has 6 heteroatoms. The number of carbonyl (C=O) groups is 1. The Morgan fingerprint density at radius 3 is 2.38 bits per heavy atom. The fourth-order valence-corrected chi connectivity index (χ4v) is 3.53. The van der Waals surface area contributed by atoms with Crippen LogP contribution in [0.25, 0.3) is 6.08 Å². The number of carbonyl (C=O) groups excluding carboxylic acids is 1. The van der Waals surface area contributed by atoms with Crippen LogP contribution in [0.2, 0.25) is 0 Å². The molecule has 2 aromatic carbocycles. The van der Waals surface area contributed by atoms with Gasteiger partial charge in [0.1, 0.15) is 17.2 Å². The zero-order valence-electron chi connectivity index (χ0n) is 13.6. The van der Waals surface area contributed by atoms with Crippen molar-refractivity contribution in [2.45, 2.75) is 0 Å². The van der Waals surface area contributed by atoms with E-state index in [1.54, 1.807) is 11.3 Å². The van der Waals surface area contributed by atoms with Crippen molar-refractivity contribution >= 4 is 46.3 Å². The lowest BCUT2D eigenvalue weighted by Gasteiger charge is -2.14. The predicted molar refractivity (Wildman–Crippen MR) is 108 cm³/mol. The number of nitrogens with one attached hydrogen (secondary N) is 1. The van der Waals surface area contributed by atoms with Gasteiger partial charge in [0.15, 0.2) is 5.11 Å². The maximum atomic E-state index is 12.7. The average molecular weight is 378 g/mol. The molecule has 1 aliphatic heterocycles. The van der Waals surface area contributed by atoms with Gasteiger partial charge in [-0.1, -0.05) is 24.3 Å². The summed E-state index contributed by atoms with van der Waals surface area (Å²) in [7, 11) is 0. The second kappa shape index (κ2) is 7.11. The molecule has 1 fully saturated rings. The number of ether oxygens (including phenoxy) is 1. The quantitative estimate of drug-likeness (QED) is 0.523. The molecule has 1 N–H and O–H groups in total. The minimum Gasteiger partial charge on any atom is -0.457 e. The maximum Gasteiger partial charge on any atom is 0.281 e. The van der Waals surface area contributed by atoms with Gasteiger partial charge in [0.25, 0.3) is 5.91 Å². The van der Waals surface area contributed by atoms with Crippen molar-refractivity contribution in [3.63, 3.8) is 0 Å². The fraction of sp³-hybridized carbons (Fsp3) is 0. The molecule has 128 valence electrons. The largest absolute Gasteiger partial charge is 0.457 e. The molecule has 0 bridgehead atoms. The number of amides is 1. The van der Waals surface area contributed by atoms with Gasteiger partial charge in [-0.15, -0.1) is 11.3 Å². The summed E-state index contributed by atoms with van der Waals surface area (Å²) in [5.41, 5.74) is 1.17. The van der Waals surface area contributed by atoms with E-state index in [4.69, 9.17) is 17.0 Å². The first-order valence-corrected chi connectivity index (χ1v) is 9.23. The second-order valence-corrected chi connectivity index (χ2v) is 6.92. The monoisotopic (exact) mass is 378 g/mol. The van der Waals surface area contributed by atoms with Gasteiger partial charge >= 0.3 is 0 Å². The van der Waals surface area contributed by atoms with Gasteiger partial charge in [0.05, 0.1) is 5.69 Å². The minimum atomic E-state index is -0.167. The topological polar surface area (TPSA) is 41.6 Å². The van der Waals surface area contributed by atoms with Crippen molar-refractivity contribution in [1.82, 2.24) is 5.32 Å². The van der Waals surface area contributed by atoms with E-state index in [2.05, 4.69) is 5.32 Å². The standard InChI is InChI=1S/C20H14N2O2S2/c23-19-18(13-17-7-4-12-26-17)21-20(25)22(19)14-8-10-16(11-9-14)24-15-5-2-1-3-6-15/h1-13H,(H,21,25). The van der Waals surface area contributed by atoms with Crippen LogP contribution in [-0.4, -0.2) is 11.0 Å². The lowest BCUT2D eigenvalue weighted by atomic mass is 10.2. The van der Waals surface area contributed by atoms with Gasteiger partial charge < -0.3 is 10.1 Å². The third-order valence-electron chi connectivity index (χ3n) is 3.78. The van der Waals surface area contributed by atoms with Gasteiger partial charge in [-0.3, -0.25) is 9.69 Å². The maximum absolute atomic E-state index is 12.7. The van der Waals surface area contributed by atoms with Crippen molar-refractivity contribution in [2.24, 2.45) is 0 Å². The molecule has 0 aliphatic carbocycles. The van der Waals surface area contributed by atoms with Crippen molar-refractivity contribution < 1.29 is 9.53 Å². The summed E-state index contributed by atoms with van der Waals surface area (Å²) in [6.45, 7) is 0. The number of nitrogens with zero attached hydrogens (tertiary/aromatic N) is 1. The van der Waals surface area contributed by atoms with Crippen molar-refractivity contribution in [2.75, 3.05) is 4.90 Å².